The van der Waals surface area contributed by atoms with Crippen LogP contribution in [0.4, 0.5) is 5.82 Å². The molecule has 1 aliphatic rings. The topological polar surface area (TPSA) is 54.3 Å². The van der Waals surface area contributed by atoms with E-state index >= 15 is 0 Å². The molecule has 5 heteroatoms. The summed E-state index contributed by atoms with van der Waals surface area (Å²) in [5.41, 5.74) is 0.684. The second-order valence-corrected chi connectivity index (χ2v) is 9.71. The second kappa shape index (κ2) is 7.45. The number of amides is 1. The third-order valence-electron chi connectivity index (χ3n) is 5.26. The Balaban J connectivity index is 2.15. The molecule has 1 aromatic heterocycles. The minimum Gasteiger partial charge on any atom is -0.356 e. The van der Waals surface area contributed by atoms with Crippen LogP contribution in [0.1, 0.15) is 65.2 Å². The zero-order valence-corrected chi connectivity index (χ0v) is 17.5. The molecule has 0 spiro atoms. The van der Waals surface area contributed by atoms with Gasteiger partial charge in [0.15, 0.2) is 0 Å². The Morgan fingerprint density at radius 1 is 1.15 bits per heavy atom. The summed E-state index contributed by atoms with van der Waals surface area (Å²) in [5.74, 6) is 1.07. The number of nitrogens with zero attached hydrogens (tertiary/aromatic N) is 2. The number of hydrogen-bond acceptors (Lipinski definition) is 3. The number of rotatable bonds is 5. The molecule has 2 rings (SSSR count). The number of anilines is 1. The molecule has 0 radical (unpaired) electrons. The van der Waals surface area contributed by atoms with Gasteiger partial charge in [0.2, 0.25) is 0 Å². The van der Waals surface area contributed by atoms with E-state index in [1.54, 1.807) is 4.57 Å². The predicted molar refractivity (Wildman–Crippen MR) is 108 cm³/mol. The summed E-state index contributed by atoms with van der Waals surface area (Å²) in [7, 11) is 0. The average Bonchev–Trinajstić information content (AvgIpc) is 2.92. The van der Waals surface area contributed by atoms with Crippen molar-refractivity contribution in [1.29, 1.82) is 0 Å². The number of likely N-dealkylation sites (N-methyl/N-ethyl adjacent to an activating group) is 1. The van der Waals surface area contributed by atoms with Crippen molar-refractivity contribution in [3.63, 3.8) is 0 Å². The Bertz CT molecular complexity index is 707. The van der Waals surface area contributed by atoms with Crippen molar-refractivity contribution in [3.8, 4) is 0 Å². The molecule has 1 amide bonds. The number of carbonyl (C=O) groups is 1. The highest BCUT2D eigenvalue weighted by Gasteiger charge is 2.29. The minimum absolute atomic E-state index is 0.0920. The van der Waals surface area contributed by atoms with Crippen molar-refractivity contribution in [1.82, 2.24) is 9.88 Å². The van der Waals surface area contributed by atoms with E-state index in [2.05, 4.69) is 58.7 Å². The maximum Gasteiger partial charge on any atom is 0.252 e. The first-order chi connectivity index (χ1) is 11.9. The highest BCUT2D eigenvalue weighted by atomic mass is 16.2. The van der Waals surface area contributed by atoms with Crippen molar-refractivity contribution >= 4 is 11.7 Å². The summed E-state index contributed by atoms with van der Waals surface area (Å²) in [6.45, 7) is 18.4. The standard InChI is InChI=1S/C21H35N3O2/c1-8-23-9-10-24-17(23)11-15(12-18(24)25)19(26)22-14-16(21(5,6)7)13-20(2,3)4/h11-12,16H,8-10,13-14H2,1-7H3,(H,22,26). The average molecular weight is 362 g/mol. The van der Waals surface area contributed by atoms with Crippen LogP contribution in [0.25, 0.3) is 0 Å². The Morgan fingerprint density at radius 2 is 1.81 bits per heavy atom. The van der Waals surface area contributed by atoms with E-state index in [0.29, 0.717) is 24.6 Å². The summed E-state index contributed by atoms with van der Waals surface area (Å²) in [6, 6.07) is 3.32. The minimum atomic E-state index is -0.156. The lowest BCUT2D eigenvalue weighted by Gasteiger charge is -2.35. The Hall–Kier alpha value is -1.78. The van der Waals surface area contributed by atoms with Crippen molar-refractivity contribution in [2.45, 2.75) is 61.4 Å². The van der Waals surface area contributed by atoms with E-state index < -0.39 is 0 Å². The summed E-state index contributed by atoms with van der Waals surface area (Å²) in [6.07, 6.45) is 1.03. The van der Waals surface area contributed by atoms with Crippen LogP contribution in [0.3, 0.4) is 0 Å². The van der Waals surface area contributed by atoms with Crippen molar-refractivity contribution in [2.75, 3.05) is 24.5 Å². The van der Waals surface area contributed by atoms with Gasteiger partial charge in [-0.3, -0.25) is 14.2 Å². The fourth-order valence-electron chi connectivity index (χ4n) is 3.60. The van der Waals surface area contributed by atoms with Gasteiger partial charge in [0.25, 0.3) is 11.5 Å². The molecule has 1 unspecified atom stereocenters. The number of pyridine rings is 1. The third kappa shape index (κ3) is 4.89. The number of fused-ring (bicyclic) bond motifs is 1. The van der Waals surface area contributed by atoms with E-state index in [1.165, 1.54) is 6.07 Å². The molecule has 0 aliphatic carbocycles. The van der Waals surface area contributed by atoms with E-state index in [1.807, 2.05) is 6.07 Å². The summed E-state index contributed by atoms with van der Waals surface area (Å²) in [4.78, 5) is 27.2. The highest BCUT2D eigenvalue weighted by molar-refractivity contribution is 5.94. The van der Waals surface area contributed by atoms with Gasteiger partial charge in [-0.2, -0.15) is 0 Å². The van der Waals surface area contributed by atoms with Crippen LogP contribution in [0.2, 0.25) is 0 Å². The van der Waals surface area contributed by atoms with Crippen LogP contribution in [-0.2, 0) is 6.54 Å². The molecule has 1 aliphatic heterocycles. The zero-order valence-electron chi connectivity index (χ0n) is 17.5. The number of carbonyl (C=O) groups excluding carboxylic acids is 1. The van der Waals surface area contributed by atoms with Crippen LogP contribution in [-0.4, -0.2) is 30.1 Å². The highest BCUT2D eigenvalue weighted by Crippen LogP contribution is 2.35. The van der Waals surface area contributed by atoms with Crippen LogP contribution in [0, 0.1) is 16.7 Å². The predicted octanol–water partition coefficient (Wildman–Crippen LogP) is 3.52. The van der Waals surface area contributed by atoms with Gasteiger partial charge in [-0.15, -0.1) is 0 Å². The molecule has 146 valence electrons. The lowest BCUT2D eigenvalue weighted by molar-refractivity contribution is 0.0915. The maximum atomic E-state index is 12.7. The number of hydrogen-bond donors (Lipinski definition) is 1. The largest absolute Gasteiger partial charge is 0.356 e. The smallest absolute Gasteiger partial charge is 0.252 e. The monoisotopic (exact) mass is 361 g/mol. The van der Waals surface area contributed by atoms with E-state index in [-0.39, 0.29) is 22.3 Å². The first-order valence-electron chi connectivity index (χ1n) is 9.70. The van der Waals surface area contributed by atoms with Gasteiger partial charge in [0, 0.05) is 37.8 Å². The summed E-state index contributed by atoms with van der Waals surface area (Å²) < 4.78 is 1.75. The maximum absolute atomic E-state index is 12.7. The van der Waals surface area contributed by atoms with Crippen molar-refractivity contribution < 1.29 is 4.79 Å². The van der Waals surface area contributed by atoms with E-state index in [9.17, 15) is 9.59 Å². The SMILES string of the molecule is CCN1CCn2c1cc(C(=O)NCC(CC(C)(C)C)C(C)(C)C)cc2=O. The number of aromatic nitrogens is 1. The lowest BCUT2D eigenvalue weighted by atomic mass is 9.72. The van der Waals surface area contributed by atoms with Gasteiger partial charge in [0.05, 0.1) is 0 Å². The second-order valence-electron chi connectivity index (χ2n) is 9.71. The zero-order chi connectivity index (χ0) is 19.7. The fourth-order valence-corrected chi connectivity index (χ4v) is 3.60. The quantitative estimate of drug-likeness (QED) is 0.873. The van der Waals surface area contributed by atoms with Crippen molar-refractivity contribution in [3.05, 3.63) is 28.0 Å². The molecule has 0 aromatic carbocycles. The molecular formula is C21H35N3O2. The molecular weight excluding hydrogens is 326 g/mol. The Kier molecular flexibility index (Phi) is 5.89. The molecule has 1 N–H and O–H groups in total. The van der Waals surface area contributed by atoms with E-state index in [0.717, 1.165) is 25.3 Å². The van der Waals surface area contributed by atoms with Crippen LogP contribution in [0.5, 0.6) is 0 Å². The molecule has 1 aromatic rings. The molecule has 0 bridgehead atoms. The molecule has 1 atom stereocenters. The third-order valence-corrected chi connectivity index (χ3v) is 5.26. The molecule has 2 heterocycles. The summed E-state index contributed by atoms with van der Waals surface area (Å²) in [5, 5.41) is 3.07. The normalized spacial score (nSPS) is 15.7. The molecule has 0 fully saturated rings. The first-order valence-corrected chi connectivity index (χ1v) is 9.70. The van der Waals surface area contributed by atoms with Crippen LogP contribution in [0.15, 0.2) is 16.9 Å². The lowest BCUT2D eigenvalue weighted by Crippen LogP contribution is -2.37. The first kappa shape index (κ1) is 20.5. The van der Waals surface area contributed by atoms with Crippen LogP contribution < -0.4 is 15.8 Å². The van der Waals surface area contributed by atoms with Gasteiger partial charge < -0.3 is 10.2 Å². The van der Waals surface area contributed by atoms with Gasteiger partial charge >= 0.3 is 0 Å². The number of nitrogens with one attached hydrogen (secondary N) is 1. The van der Waals surface area contributed by atoms with Gasteiger partial charge in [-0.1, -0.05) is 41.5 Å². The van der Waals surface area contributed by atoms with Gasteiger partial charge in [-0.05, 0) is 36.2 Å². The molecule has 0 saturated carbocycles. The van der Waals surface area contributed by atoms with Crippen LogP contribution >= 0.6 is 0 Å². The molecule has 0 saturated heterocycles. The van der Waals surface area contributed by atoms with Gasteiger partial charge in [-0.25, -0.2) is 0 Å². The van der Waals surface area contributed by atoms with E-state index in [4.69, 9.17) is 0 Å². The molecule has 5 nitrogen and oxygen atoms in total. The van der Waals surface area contributed by atoms with Gasteiger partial charge in [0.1, 0.15) is 5.82 Å². The fraction of sp³-hybridized carbons (Fsp3) is 0.714. The Labute approximate surface area is 157 Å². The van der Waals surface area contributed by atoms with Crippen molar-refractivity contribution in [2.24, 2.45) is 16.7 Å². The molecule has 26 heavy (non-hydrogen) atoms. The Morgan fingerprint density at radius 3 is 2.35 bits per heavy atom. The summed E-state index contributed by atoms with van der Waals surface area (Å²) >= 11 is 0.